The van der Waals surface area contributed by atoms with Crippen molar-refractivity contribution >= 4 is 11.7 Å². The Morgan fingerprint density at radius 1 is 1.17 bits per heavy atom. The predicted octanol–water partition coefficient (Wildman–Crippen LogP) is 3.36. The summed E-state index contributed by atoms with van der Waals surface area (Å²) in [6.07, 6.45) is 6.14. The van der Waals surface area contributed by atoms with Crippen LogP contribution in [0, 0.1) is 12.8 Å². The number of pyridine rings is 1. The average Bonchev–Trinajstić information content (AvgIpc) is 3.25. The number of piperidine rings is 1. The Hall–Kier alpha value is -3.15. The maximum Gasteiger partial charge on any atom is 0.224 e. The van der Waals surface area contributed by atoms with Crippen molar-refractivity contribution in [1.82, 2.24) is 20.5 Å². The number of carbonyl (C=O) groups is 1. The van der Waals surface area contributed by atoms with Crippen LogP contribution >= 0.6 is 0 Å². The molecular weight excluding hydrogens is 362 g/mol. The minimum absolute atomic E-state index is 0.107. The molecule has 6 heteroatoms. The second-order valence-corrected chi connectivity index (χ2v) is 7.71. The fourth-order valence-corrected chi connectivity index (χ4v) is 3.82. The third-order valence-corrected chi connectivity index (χ3v) is 5.69. The number of nitrogens with zero attached hydrogens (tertiary/aromatic N) is 3. The van der Waals surface area contributed by atoms with Crippen LogP contribution in [-0.2, 0) is 11.2 Å². The highest BCUT2D eigenvalue weighted by Gasteiger charge is 2.21. The van der Waals surface area contributed by atoms with E-state index in [4.69, 9.17) is 0 Å². The van der Waals surface area contributed by atoms with Crippen LogP contribution < -0.4 is 10.2 Å². The van der Waals surface area contributed by atoms with Gasteiger partial charge in [-0.15, -0.1) is 0 Å². The van der Waals surface area contributed by atoms with Gasteiger partial charge in [0, 0.05) is 43.7 Å². The summed E-state index contributed by atoms with van der Waals surface area (Å²) in [6, 6.07) is 14.1. The Bertz CT molecular complexity index is 945. The third-order valence-electron chi connectivity index (χ3n) is 5.69. The molecule has 2 aromatic heterocycles. The summed E-state index contributed by atoms with van der Waals surface area (Å²) in [6.45, 7) is 4.72. The number of aromatic amines is 1. The maximum atomic E-state index is 12.3. The zero-order valence-corrected chi connectivity index (χ0v) is 16.8. The number of amides is 1. The first-order valence-electron chi connectivity index (χ1n) is 10.2. The van der Waals surface area contributed by atoms with Crippen LogP contribution in [0.1, 0.15) is 24.0 Å². The average molecular weight is 390 g/mol. The highest BCUT2D eigenvalue weighted by Crippen LogP contribution is 2.25. The second kappa shape index (κ2) is 8.90. The van der Waals surface area contributed by atoms with Gasteiger partial charge >= 0.3 is 0 Å². The molecule has 0 atom stereocenters. The molecule has 0 saturated carbocycles. The van der Waals surface area contributed by atoms with Crippen molar-refractivity contribution in [3.05, 3.63) is 66.0 Å². The largest absolute Gasteiger partial charge is 0.356 e. The smallest absolute Gasteiger partial charge is 0.224 e. The van der Waals surface area contributed by atoms with E-state index < -0.39 is 0 Å². The Kier molecular flexibility index (Phi) is 5.89. The van der Waals surface area contributed by atoms with E-state index in [1.54, 1.807) is 12.4 Å². The van der Waals surface area contributed by atoms with Crippen LogP contribution in [0.5, 0.6) is 0 Å². The van der Waals surface area contributed by atoms with E-state index in [-0.39, 0.29) is 5.91 Å². The summed E-state index contributed by atoms with van der Waals surface area (Å²) in [5, 5.41) is 10.7. The molecule has 1 amide bonds. The van der Waals surface area contributed by atoms with Gasteiger partial charge in [-0.05, 0) is 48.9 Å². The SMILES string of the molecule is Cc1ccccc1CC(=O)NCC1CCN(c2cc(-c3ccncc3)[nH]n2)CC1. The molecule has 1 saturated heterocycles. The number of nitrogens with one attached hydrogen (secondary N) is 2. The molecule has 4 rings (SSSR count). The lowest BCUT2D eigenvalue weighted by atomic mass is 9.96. The van der Waals surface area contributed by atoms with Gasteiger partial charge in [-0.3, -0.25) is 14.9 Å². The number of aromatic nitrogens is 3. The normalized spacial score (nSPS) is 14.7. The molecule has 0 bridgehead atoms. The zero-order chi connectivity index (χ0) is 20.1. The number of H-pyrrole nitrogens is 1. The maximum absolute atomic E-state index is 12.3. The van der Waals surface area contributed by atoms with Gasteiger partial charge in [0.25, 0.3) is 0 Å². The van der Waals surface area contributed by atoms with Crippen LogP contribution in [0.15, 0.2) is 54.9 Å². The summed E-state index contributed by atoms with van der Waals surface area (Å²) in [5.74, 6) is 1.61. The zero-order valence-electron chi connectivity index (χ0n) is 16.8. The molecule has 29 heavy (non-hydrogen) atoms. The number of rotatable bonds is 6. The molecule has 0 radical (unpaired) electrons. The fraction of sp³-hybridized carbons (Fsp3) is 0.348. The molecule has 2 N–H and O–H groups in total. The molecule has 6 nitrogen and oxygen atoms in total. The Morgan fingerprint density at radius 3 is 2.69 bits per heavy atom. The van der Waals surface area contributed by atoms with Crippen LogP contribution in [-0.4, -0.2) is 40.7 Å². The van der Waals surface area contributed by atoms with E-state index in [1.165, 1.54) is 5.56 Å². The lowest BCUT2D eigenvalue weighted by Gasteiger charge is -2.32. The van der Waals surface area contributed by atoms with E-state index >= 15 is 0 Å². The topological polar surface area (TPSA) is 73.9 Å². The first kappa shape index (κ1) is 19.2. The monoisotopic (exact) mass is 389 g/mol. The molecule has 1 aromatic carbocycles. The number of benzene rings is 1. The van der Waals surface area contributed by atoms with Gasteiger partial charge in [0.15, 0.2) is 5.82 Å². The summed E-state index contributed by atoms with van der Waals surface area (Å²) in [7, 11) is 0. The molecule has 150 valence electrons. The molecule has 0 aliphatic carbocycles. The van der Waals surface area contributed by atoms with E-state index in [0.717, 1.165) is 55.1 Å². The van der Waals surface area contributed by atoms with Gasteiger partial charge in [-0.2, -0.15) is 5.10 Å². The van der Waals surface area contributed by atoms with Crippen molar-refractivity contribution in [3.8, 4) is 11.3 Å². The fourth-order valence-electron chi connectivity index (χ4n) is 3.82. The third kappa shape index (κ3) is 4.83. The molecule has 3 aromatic rings. The first-order valence-corrected chi connectivity index (χ1v) is 10.2. The quantitative estimate of drug-likeness (QED) is 0.678. The first-order chi connectivity index (χ1) is 14.2. The van der Waals surface area contributed by atoms with E-state index in [1.807, 2.05) is 43.3 Å². The standard InChI is InChI=1S/C23H27N5O/c1-17-4-2-3-5-20(17)14-23(29)25-16-18-8-12-28(13-9-18)22-15-21(26-27-22)19-6-10-24-11-7-19/h2-7,10-11,15,18H,8-9,12-14,16H2,1H3,(H,25,29)(H,26,27). The highest BCUT2D eigenvalue weighted by atomic mass is 16.1. The Balaban J connectivity index is 1.24. The van der Waals surface area contributed by atoms with Gasteiger partial charge in [-0.25, -0.2) is 0 Å². The number of anilines is 1. The number of hydrogen-bond donors (Lipinski definition) is 2. The number of hydrogen-bond acceptors (Lipinski definition) is 4. The molecule has 3 heterocycles. The summed E-state index contributed by atoms with van der Waals surface area (Å²) >= 11 is 0. The molecule has 0 unspecified atom stereocenters. The lowest BCUT2D eigenvalue weighted by molar-refractivity contribution is -0.120. The van der Waals surface area contributed by atoms with Crippen molar-refractivity contribution < 1.29 is 4.79 Å². The van der Waals surface area contributed by atoms with Gasteiger partial charge in [0.1, 0.15) is 0 Å². The highest BCUT2D eigenvalue weighted by molar-refractivity contribution is 5.78. The minimum Gasteiger partial charge on any atom is -0.356 e. The predicted molar refractivity (Wildman–Crippen MR) is 115 cm³/mol. The van der Waals surface area contributed by atoms with Crippen molar-refractivity contribution in [2.45, 2.75) is 26.2 Å². The number of carbonyl (C=O) groups excluding carboxylic acids is 1. The summed E-state index contributed by atoms with van der Waals surface area (Å²) < 4.78 is 0. The second-order valence-electron chi connectivity index (χ2n) is 7.71. The van der Waals surface area contributed by atoms with Crippen LogP contribution in [0.4, 0.5) is 5.82 Å². The molecular formula is C23H27N5O. The van der Waals surface area contributed by atoms with Crippen LogP contribution in [0.2, 0.25) is 0 Å². The van der Waals surface area contributed by atoms with Gasteiger partial charge in [0.05, 0.1) is 12.1 Å². The lowest BCUT2D eigenvalue weighted by Crippen LogP contribution is -2.39. The molecule has 1 aliphatic rings. The number of aryl methyl sites for hydroxylation is 1. The van der Waals surface area contributed by atoms with E-state index in [2.05, 4.69) is 31.5 Å². The van der Waals surface area contributed by atoms with Crippen LogP contribution in [0.3, 0.4) is 0 Å². The van der Waals surface area contributed by atoms with E-state index in [9.17, 15) is 4.79 Å². The summed E-state index contributed by atoms with van der Waals surface area (Å²) in [4.78, 5) is 18.7. The van der Waals surface area contributed by atoms with Gasteiger partial charge in [-0.1, -0.05) is 24.3 Å². The minimum atomic E-state index is 0.107. The molecule has 0 spiro atoms. The van der Waals surface area contributed by atoms with Crippen LogP contribution in [0.25, 0.3) is 11.3 Å². The van der Waals surface area contributed by atoms with Crippen molar-refractivity contribution in [2.24, 2.45) is 5.92 Å². The van der Waals surface area contributed by atoms with Gasteiger partial charge in [0.2, 0.25) is 5.91 Å². The van der Waals surface area contributed by atoms with E-state index in [0.29, 0.717) is 12.3 Å². The Morgan fingerprint density at radius 2 is 1.93 bits per heavy atom. The van der Waals surface area contributed by atoms with Crippen molar-refractivity contribution in [1.29, 1.82) is 0 Å². The molecule has 1 aliphatic heterocycles. The van der Waals surface area contributed by atoms with Crippen molar-refractivity contribution in [2.75, 3.05) is 24.5 Å². The van der Waals surface area contributed by atoms with Crippen molar-refractivity contribution in [3.63, 3.8) is 0 Å². The molecule has 1 fully saturated rings. The van der Waals surface area contributed by atoms with Gasteiger partial charge < -0.3 is 10.2 Å². The summed E-state index contributed by atoms with van der Waals surface area (Å²) in [5.41, 5.74) is 4.36. The Labute approximate surface area is 171 Å².